The van der Waals surface area contributed by atoms with E-state index in [-0.39, 0.29) is 5.56 Å². The number of rotatable bonds is 4. The molecule has 118 valence electrons. The Labute approximate surface area is 129 Å². The molecular weight excluding hydrogens is 282 g/mol. The smallest absolute Gasteiger partial charge is 0.256 e. The molecule has 0 N–H and O–H groups in total. The van der Waals surface area contributed by atoms with Crippen molar-refractivity contribution < 1.29 is 4.52 Å². The van der Waals surface area contributed by atoms with E-state index in [4.69, 9.17) is 4.52 Å². The van der Waals surface area contributed by atoms with Gasteiger partial charge in [0, 0.05) is 17.8 Å². The summed E-state index contributed by atoms with van der Waals surface area (Å²) in [5, 5.41) is 3.63. The van der Waals surface area contributed by atoms with Crippen LogP contribution in [-0.4, -0.2) is 37.7 Å². The fourth-order valence-corrected chi connectivity index (χ4v) is 2.87. The maximum absolute atomic E-state index is 12.2. The lowest BCUT2D eigenvalue weighted by atomic mass is 9.96. The Balaban J connectivity index is 1.56. The van der Waals surface area contributed by atoms with Gasteiger partial charge in [0.15, 0.2) is 6.33 Å². The van der Waals surface area contributed by atoms with Gasteiger partial charge in [0.2, 0.25) is 5.89 Å². The molecule has 1 fully saturated rings. The number of hydrogen-bond acceptors (Lipinski definition) is 6. The zero-order chi connectivity index (χ0) is 15.5. The lowest BCUT2D eigenvalue weighted by molar-refractivity contribution is 0.150. The number of hydrogen-bond donors (Lipinski definition) is 0. The van der Waals surface area contributed by atoms with E-state index >= 15 is 0 Å². The van der Waals surface area contributed by atoms with E-state index in [1.165, 1.54) is 6.33 Å². The second-order valence-corrected chi connectivity index (χ2v) is 5.97. The van der Waals surface area contributed by atoms with Crippen LogP contribution in [0.25, 0.3) is 0 Å². The standard InChI is InChI=1S/C15H21N5O2/c1-11-12(2)17-10-20(15(11)21)7-13-3-5-19(6-4-13)8-14-16-9-18-22-14/h9-10,13H,3-8H2,1-2H3. The van der Waals surface area contributed by atoms with Gasteiger partial charge in [0.1, 0.15) is 0 Å². The fourth-order valence-electron chi connectivity index (χ4n) is 2.87. The SMILES string of the molecule is Cc1ncn(CC2CCN(Cc3ncno3)CC2)c(=O)c1C. The monoisotopic (exact) mass is 303 g/mol. The summed E-state index contributed by atoms with van der Waals surface area (Å²) >= 11 is 0. The summed E-state index contributed by atoms with van der Waals surface area (Å²) in [6.07, 6.45) is 5.23. The molecule has 0 radical (unpaired) electrons. The first kappa shape index (κ1) is 14.9. The summed E-state index contributed by atoms with van der Waals surface area (Å²) in [6, 6.07) is 0. The van der Waals surface area contributed by atoms with Crippen molar-refractivity contribution in [3.63, 3.8) is 0 Å². The van der Waals surface area contributed by atoms with Crippen molar-refractivity contribution >= 4 is 0 Å². The minimum atomic E-state index is 0.0841. The molecule has 0 atom stereocenters. The average Bonchev–Trinajstić information content (AvgIpc) is 3.03. The molecule has 1 aliphatic heterocycles. The Morgan fingerprint density at radius 3 is 2.73 bits per heavy atom. The highest BCUT2D eigenvalue weighted by Crippen LogP contribution is 2.19. The van der Waals surface area contributed by atoms with Crippen LogP contribution in [0.15, 0.2) is 22.0 Å². The lowest BCUT2D eigenvalue weighted by Crippen LogP contribution is -2.36. The molecule has 7 nitrogen and oxygen atoms in total. The minimum Gasteiger partial charge on any atom is -0.338 e. The van der Waals surface area contributed by atoms with Crippen LogP contribution >= 0.6 is 0 Å². The third-order valence-corrected chi connectivity index (χ3v) is 4.44. The van der Waals surface area contributed by atoms with E-state index < -0.39 is 0 Å². The largest absolute Gasteiger partial charge is 0.338 e. The van der Waals surface area contributed by atoms with E-state index in [0.717, 1.165) is 43.7 Å². The summed E-state index contributed by atoms with van der Waals surface area (Å²) in [5.74, 6) is 1.17. The van der Waals surface area contributed by atoms with Gasteiger partial charge in [-0.2, -0.15) is 4.98 Å². The number of aryl methyl sites for hydroxylation is 1. The molecule has 0 bridgehead atoms. The first-order valence-corrected chi connectivity index (χ1v) is 7.64. The number of piperidine rings is 1. The third kappa shape index (κ3) is 3.24. The molecule has 1 aliphatic rings. The molecule has 0 amide bonds. The Morgan fingerprint density at radius 1 is 1.27 bits per heavy atom. The van der Waals surface area contributed by atoms with Crippen LogP contribution in [0, 0.1) is 19.8 Å². The third-order valence-electron chi connectivity index (χ3n) is 4.44. The highest BCUT2D eigenvalue weighted by Gasteiger charge is 2.21. The average molecular weight is 303 g/mol. The van der Waals surface area contributed by atoms with E-state index in [1.807, 2.05) is 13.8 Å². The van der Waals surface area contributed by atoms with Gasteiger partial charge in [-0.3, -0.25) is 14.3 Å². The molecule has 3 rings (SSSR count). The van der Waals surface area contributed by atoms with E-state index in [9.17, 15) is 4.79 Å². The molecule has 0 aliphatic carbocycles. The number of aromatic nitrogens is 4. The maximum atomic E-state index is 12.2. The van der Waals surface area contributed by atoms with Gasteiger partial charge in [-0.05, 0) is 45.7 Å². The fraction of sp³-hybridized carbons (Fsp3) is 0.600. The Kier molecular flexibility index (Phi) is 4.33. The van der Waals surface area contributed by atoms with Gasteiger partial charge < -0.3 is 4.52 Å². The van der Waals surface area contributed by atoms with Crippen molar-refractivity contribution in [2.45, 2.75) is 39.8 Å². The molecule has 0 unspecified atom stereocenters. The second kappa shape index (κ2) is 6.39. The molecule has 1 saturated heterocycles. The molecule has 3 heterocycles. The van der Waals surface area contributed by atoms with Crippen LogP contribution in [0.5, 0.6) is 0 Å². The zero-order valence-corrected chi connectivity index (χ0v) is 13.0. The summed E-state index contributed by atoms with van der Waals surface area (Å²) in [7, 11) is 0. The molecular formula is C15H21N5O2. The lowest BCUT2D eigenvalue weighted by Gasteiger charge is -2.31. The van der Waals surface area contributed by atoms with E-state index in [0.29, 0.717) is 18.4 Å². The Bertz CT molecular complexity index is 672. The zero-order valence-electron chi connectivity index (χ0n) is 13.0. The number of likely N-dealkylation sites (tertiary alicyclic amines) is 1. The van der Waals surface area contributed by atoms with Crippen molar-refractivity contribution in [2.24, 2.45) is 5.92 Å². The highest BCUT2D eigenvalue weighted by molar-refractivity contribution is 5.12. The summed E-state index contributed by atoms with van der Waals surface area (Å²) < 4.78 is 6.79. The van der Waals surface area contributed by atoms with Crippen molar-refractivity contribution in [3.05, 3.63) is 40.2 Å². The van der Waals surface area contributed by atoms with Crippen molar-refractivity contribution in [1.82, 2.24) is 24.6 Å². The topological polar surface area (TPSA) is 77.1 Å². The molecule has 2 aromatic rings. The summed E-state index contributed by atoms with van der Waals surface area (Å²) in [5.41, 5.74) is 1.65. The van der Waals surface area contributed by atoms with Crippen LogP contribution in [0.3, 0.4) is 0 Å². The summed E-state index contributed by atoms with van der Waals surface area (Å²) in [6.45, 7) is 7.14. The van der Waals surface area contributed by atoms with Crippen molar-refractivity contribution in [2.75, 3.05) is 13.1 Å². The van der Waals surface area contributed by atoms with Crippen LogP contribution < -0.4 is 5.56 Å². The summed E-state index contributed by atoms with van der Waals surface area (Å²) in [4.78, 5) is 22.9. The van der Waals surface area contributed by atoms with Crippen LogP contribution in [0.4, 0.5) is 0 Å². The minimum absolute atomic E-state index is 0.0841. The predicted molar refractivity (Wildman–Crippen MR) is 80.3 cm³/mol. The van der Waals surface area contributed by atoms with Gasteiger partial charge in [0.05, 0.1) is 12.9 Å². The Morgan fingerprint density at radius 2 is 2.05 bits per heavy atom. The molecule has 0 spiro atoms. The number of nitrogens with zero attached hydrogens (tertiary/aromatic N) is 5. The van der Waals surface area contributed by atoms with E-state index in [1.54, 1.807) is 10.9 Å². The first-order chi connectivity index (χ1) is 10.6. The highest BCUT2D eigenvalue weighted by atomic mass is 16.5. The molecule has 0 aromatic carbocycles. The van der Waals surface area contributed by atoms with Gasteiger partial charge in [-0.15, -0.1) is 0 Å². The maximum Gasteiger partial charge on any atom is 0.256 e. The van der Waals surface area contributed by atoms with Crippen LogP contribution in [0.2, 0.25) is 0 Å². The molecule has 0 saturated carbocycles. The van der Waals surface area contributed by atoms with Gasteiger partial charge in [-0.1, -0.05) is 5.16 Å². The quantitative estimate of drug-likeness (QED) is 0.843. The predicted octanol–water partition coefficient (Wildman–Crippen LogP) is 1.16. The van der Waals surface area contributed by atoms with Gasteiger partial charge in [-0.25, -0.2) is 4.98 Å². The molecule has 22 heavy (non-hydrogen) atoms. The first-order valence-electron chi connectivity index (χ1n) is 7.64. The van der Waals surface area contributed by atoms with Crippen molar-refractivity contribution in [1.29, 1.82) is 0 Å². The Hall–Kier alpha value is -2.02. The van der Waals surface area contributed by atoms with Gasteiger partial charge in [0.25, 0.3) is 5.56 Å². The molecule has 2 aromatic heterocycles. The van der Waals surface area contributed by atoms with E-state index in [2.05, 4.69) is 20.0 Å². The second-order valence-electron chi connectivity index (χ2n) is 5.97. The van der Waals surface area contributed by atoms with Crippen LogP contribution in [-0.2, 0) is 13.1 Å². The molecule has 7 heteroatoms. The normalized spacial score (nSPS) is 17.0. The van der Waals surface area contributed by atoms with Gasteiger partial charge >= 0.3 is 0 Å². The van der Waals surface area contributed by atoms with Crippen molar-refractivity contribution in [3.8, 4) is 0 Å². The van der Waals surface area contributed by atoms with Crippen LogP contribution in [0.1, 0.15) is 30.0 Å².